The average molecular weight is 265 g/mol. The number of nitrogens with zero attached hydrogens (tertiary/aromatic N) is 3. The molecule has 2 rings (SSSR count). The summed E-state index contributed by atoms with van der Waals surface area (Å²) < 4.78 is 19.7. The average Bonchev–Trinajstić information content (AvgIpc) is 3.13. The fraction of sp³-hybridized carbons (Fsp3) is 0.364. The van der Waals surface area contributed by atoms with Gasteiger partial charge in [0.25, 0.3) is 0 Å². The highest BCUT2D eigenvalue weighted by Crippen LogP contribution is 2.40. The van der Waals surface area contributed by atoms with E-state index in [2.05, 4.69) is 10.0 Å². The summed E-state index contributed by atoms with van der Waals surface area (Å²) in [6.07, 6.45) is 2.17. The molecule has 6 nitrogen and oxygen atoms in total. The van der Waals surface area contributed by atoms with Gasteiger partial charge in [-0.05, 0) is 46.6 Å². The van der Waals surface area contributed by atoms with Crippen molar-refractivity contribution in [3.05, 3.63) is 45.3 Å². The minimum Gasteiger partial charge on any atom is -0.306 e. The van der Waals surface area contributed by atoms with Crippen LogP contribution in [0.1, 0.15) is 40.2 Å². The first kappa shape index (κ1) is 12.8. The van der Waals surface area contributed by atoms with Crippen LogP contribution in [0.4, 0.5) is 0 Å². The Labute approximate surface area is 106 Å². The van der Waals surface area contributed by atoms with E-state index in [1.54, 1.807) is 12.1 Å². The quantitative estimate of drug-likeness (QED) is 0.391. The number of amides is 1. The van der Waals surface area contributed by atoms with Crippen LogP contribution in [0.5, 0.6) is 0 Å². The number of carbonyl (C=O) groups excluding carboxylic acids is 1. The Morgan fingerprint density at radius 2 is 2.28 bits per heavy atom. The van der Waals surface area contributed by atoms with Crippen molar-refractivity contribution in [3.8, 4) is 0 Å². The summed E-state index contributed by atoms with van der Waals surface area (Å²) in [6, 6.07) is 5.17. The molecule has 1 aromatic carbocycles. The molecule has 1 saturated carbocycles. The zero-order valence-corrected chi connectivity index (χ0v) is 10.3. The number of carbonyl (C=O) groups is 1. The fourth-order valence-electron chi connectivity index (χ4n) is 1.82. The molecule has 94 valence electrons. The predicted molar refractivity (Wildman–Crippen MR) is 66.4 cm³/mol. The predicted octanol–water partition coefficient (Wildman–Crippen LogP) is 2.74. The van der Waals surface area contributed by atoms with Crippen molar-refractivity contribution in [2.24, 2.45) is 5.11 Å². The molecule has 1 aliphatic carbocycles. The molecule has 0 aromatic heterocycles. The summed E-state index contributed by atoms with van der Waals surface area (Å²) in [5, 5.41) is 3.04. The highest BCUT2D eigenvalue weighted by molar-refractivity contribution is 7.78. The zero-order valence-electron chi connectivity index (χ0n) is 9.44. The molecule has 1 N–H and O–H groups in total. The first-order valence-corrected chi connectivity index (χ1v) is 6.69. The molecule has 7 heteroatoms. The molecule has 1 aliphatic rings. The fourth-order valence-corrected chi connectivity index (χ4v) is 2.33. The van der Waals surface area contributed by atoms with Crippen LogP contribution in [0.2, 0.25) is 0 Å². The third kappa shape index (κ3) is 2.95. The molecular weight excluding hydrogens is 254 g/mol. The van der Waals surface area contributed by atoms with Crippen molar-refractivity contribution >= 4 is 17.0 Å². The van der Waals surface area contributed by atoms with Crippen LogP contribution < -0.4 is 0 Å². The molecule has 1 amide bonds. The molecule has 0 bridgehead atoms. The lowest BCUT2D eigenvalue weighted by atomic mass is 10.0. The lowest BCUT2D eigenvalue weighted by molar-refractivity contribution is 0.0999. The van der Waals surface area contributed by atoms with Crippen molar-refractivity contribution in [1.82, 2.24) is 0 Å². The van der Waals surface area contributed by atoms with Crippen molar-refractivity contribution in [2.75, 3.05) is 0 Å². The second-order valence-corrected chi connectivity index (χ2v) is 5.08. The Bertz CT molecular complexity index is 563. The van der Waals surface area contributed by atoms with E-state index < -0.39 is 17.0 Å². The standard InChI is InChI=1S/C11H11N3O3S/c12-14-13-11(15)10-5-8(7-1-2-7)3-4-9(10)6-18(16)17/h3-5,7H,1-2,6H2,(H,16,17). The molecule has 0 saturated heterocycles. The molecule has 1 fully saturated rings. The zero-order chi connectivity index (χ0) is 13.1. The largest absolute Gasteiger partial charge is 0.306 e. The normalized spacial score (nSPS) is 15.8. The van der Waals surface area contributed by atoms with Crippen LogP contribution >= 0.6 is 0 Å². The minimum absolute atomic E-state index is 0.146. The Morgan fingerprint density at radius 1 is 1.56 bits per heavy atom. The van der Waals surface area contributed by atoms with Gasteiger partial charge in [-0.3, -0.25) is 4.79 Å². The maximum Gasteiger partial charge on any atom is 0.249 e. The van der Waals surface area contributed by atoms with Gasteiger partial charge in [0.15, 0.2) is 11.1 Å². The summed E-state index contributed by atoms with van der Waals surface area (Å²) in [6.45, 7) is 0. The van der Waals surface area contributed by atoms with Gasteiger partial charge in [-0.25, -0.2) is 4.21 Å². The van der Waals surface area contributed by atoms with Gasteiger partial charge in [0.05, 0.1) is 5.75 Å². The van der Waals surface area contributed by atoms with Crippen LogP contribution in [0, 0.1) is 0 Å². The third-order valence-corrected chi connectivity index (χ3v) is 3.39. The minimum atomic E-state index is -2.04. The van der Waals surface area contributed by atoms with Gasteiger partial charge in [0.2, 0.25) is 5.91 Å². The molecule has 0 spiro atoms. The molecule has 0 aliphatic heterocycles. The maximum atomic E-state index is 11.6. The van der Waals surface area contributed by atoms with E-state index in [1.807, 2.05) is 6.07 Å². The van der Waals surface area contributed by atoms with Crippen LogP contribution in [0.3, 0.4) is 0 Å². The van der Waals surface area contributed by atoms with Gasteiger partial charge in [-0.15, -0.1) is 0 Å². The van der Waals surface area contributed by atoms with Gasteiger partial charge in [-0.1, -0.05) is 12.1 Å². The van der Waals surface area contributed by atoms with Crippen molar-refractivity contribution in [1.29, 1.82) is 0 Å². The van der Waals surface area contributed by atoms with E-state index in [0.29, 0.717) is 11.5 Å². The second-order valence-electron chi connectivity index (χ2n) is 4.15. The monoisotopic (exact) mass is 265 g/mol. The van der Waals surface area contributed by atoms with Crippen molar-refractivity contribution in [3.63, 3.8) is 0 Å². The van der Waals surface area contributed by atoms with Gasteiger partial charge < -0.3 is 4.55 Å². The number of hydrogen-bond donors (Lipinski definition) is 1. The van der Waals surface area contributed by atoms with E-state index >= 15 is 0 Å². The van der Waals surface area contributed by atoms with Gasteiger partial charge in [-0.2, -0.15) is 0 Å². The van der Waals surface area contributed by atoms with Crippen molar-refractivity contribution < 1.29 is 13.6 Å². The number of azide groups is 1. The summed E-state index contributed by atoms with van der Waals surface area (Å²) in [5.74, 6) is -0.399. The Kier molecular flexibility index (Phi) is 3.76. The summed E-state index contributed by atoms with van der Waals surface area (Å²) in [7, 11) is 0. The van der Waals surface area contributed by atoms with E-state index in [-0.39, 0.29) is 11.3 Å². The Hall–Kier alpha value is -1.69. The molecule has 1 aromatic rings. The van der Waals surface area contributed by atoms with Gasteiger partial charge in [0.1, 0.15) is 0 Å². The van der Waals surface area contributed by atoms with Crippen LogP contribution in [-0.2, 0) is 16.8 Å². The Morgan fingerprint density at radius 3 is 2.83 bits per heavy atom. The van der Waals surface area contributed by atoms with Crippen LogP contribution in [-0.4, -0.2) is 14.7 Å². The van der Waals surface area contributed by atoms with E-state index in [0.717, 1.165) is 18.4 Å². The van der Waals surface area contributed by atoms with E-state index in [4.69, 9.17) is 10.1 Å². The molecular formula is C11H11N3O3S. The number of rotatable bonds is 4. The third-order valence-electron chi connectivity index (χ3n) is 2.83. The number of benzene rings is 1. The highest BCUT2D eigenvalue weighted by Gasteiger charge is 2.25. The SMILES string of the molecule is [N-]=[N+]=NC(=O)c1cc(C2CC2)ccc1CS(=O)O. The van der Waals surface area contributed by atoms with E-state index in [1.165, 1.54) is 0 Å². The summed E-state index contributed by atoms with van der Waals surface area (Å²) in [4.78, 5) is 14.1. The first-order valence-electron chi connectivity index (χ1n) is 5.41. The topological polar surface area (TPSA) is 103 Å². The molecule has 18 heavy (non-hydrogen) atoms. The van der Waals surface area contributed by atoms with Gasteiger partial charge >= 0.3 is 0 Å². The Balaban J connectivity index is 2.41. The molecule has 0 heterocycles. The lowest BCUT2D eigenvalue weighted by Crippen LogP contribution is -2.04. The maximum absolute atomic E-state index is 11.6. The first-order chi connectivity index (χ1) is 8.61. The number of hydrogen-bond acceptors (Lipinski definition) is 2. The lowest BCUT2D eigenvalue weighted by Gasteiger charge is -2.07. The second kappa shape index (κ2) is 5.30. The van der Waals surface area contributed by atoms with Crippen LogP contribution in [0.25, 0.3) is 10.4 Å². The smallest absolute Gasteiger partial charge is 0.249 e. The van der Waals surface area contributed by atoms with Crippen LogP contribution in [0.15, 0.2) is 23.3 Å². The molecule has 1 unspecified atom stereocenters. The summed E-state index contributed by atoms with van der Waals surface area (Å²) in [5.41, 5.74) is 9.95. The van der Waals surface area contributed by atoms with Crippen molar-refractivity contribution in [2.45, 2.75) is 24.5 Å². The van der Waals surface area contributed by atoms with Gasteiger partial charge in [0, 0.05) is 10.5 Å². The summed E-state index contributed by atoms with van der Waals surface area (Å²) >= 11 is -2.04. The molecule has 0 radical (unpaired) electrons. The molecule has 1 atom stereocenters. The van der Waals surface area contributed by atoms with E-state index in [9.17, 15) is 9.00 Å². The highest BCUT2D eigenvalue weighted by atomic mass is 32.2.